The summed E-state index contributed by atoms with van der Waals surface area (Å²) in [6.07, 6.45) is 0.421. The summed E-state index contributed by atoms with van der Waals surface area (Å²) in [5, 5.41) is 14.4. The molecule has 0 bridgehead atoms. The summed E-state index contributed by atoms with van der Waals surface area (Å²) < 4.78 is 0. The summed E-state index contributed by atoms with van der Waals surface area (Å²) in [6, 6.07) is 5.56. The van der Waals surface area contributed by atoms with Crippen LogP contribution in [-0.4, -0.2) is 29.0 Å². The van der Waals surface area contributed by atoms with Crippen molar-refractivity contribution in [1.29, 1.82) is 0 Å². The highest BCUT2D eigenvalue weighted by atomic mass is 16.3. The zero-order chi connectivity index (χ0) is 12.4. The molecule has 0 spiro atoms. The molecule has 3 N–H and O–H groups in total. The quantitative estimate of drug-likeness (QED) is 0.670. The van der Waals surface area contributed by atoms with Gasteiger partial charge in [0.15, 0.2) is 0 Å². The Kier molecular flexibility index (Phi) is 2.99. The molecular weight excluding hydrogens is 220 g/mol. The van der Waals surface area contributed by atoms with Crippen LogP contribution in [0.5, 0.6) is 5.75 Å². The number of hydrogen-bond acceptors (Lipinski definition) is 3. The Morgan fingerprint density at radius 1 is 1.12 bits per heavy atom. The molecular formula is C12H14N2O3. The lowest BCUT2D eigenvalue weighted by Gasteiger charge is -2.27. The minimum atomic E-state index is -0.539. The average molecular weight is 234 g/mol. The number of rotatable bonds is 2. The Morgan fingerprint density at radius 2 is 1.76 bits per heavy atom. The molecule has 1 aliphatic heterocycles. The van der Waals surface area contributed by atoms with Crippen molar-refractivity contribution >= 4 is 11.8 Å². The van der Waals surface area contributed by atoms with E-state index in [1.54, 1.807) is 31.2 Å². The van der Waals surface area contributed by atoms with E-state index in [-0.39, 0.29) is 17.6 Å². The second-order valence-electron chi connectivity index (χ2n) is 4.16. The van der Waals surface area contributed by atoms with Gasteiger partial charge in [-0.15, -0.1) is 0 Å². The van der Waals surface area contributed by atoms with Gasteiger partial charge in [0.25, 0.3) is 0 Å². The van der Waals surface area contributed by atoms with Gasteiger partial charge in [0.05, 0.1) is 0 Å². The summed E-state index contributed by atoms with van der Waals surface area (Å²) >= 11 is 0. The van der Waals surface area contributed by atoms with Crippen molar-refractivity contribution in [1.82, 2.24) is 10.6 Å². The van der Waals surface area contributed by atoms with Gasteiger partial charge in [-0.1, -0.05) is 12.1 Å². The molecule has 0 aromatic heterocycles. The highest BCUT2D eigenvalue weighted by molar-refractivity contribution is 5.96. The zero-order valence-electron chi connectivity index (χ0n) is 9.43. The third-order valence-electron chi connectivity index (χ3n) is 2.76. The van der Waals surface area contributed by atoms with Crippen LogP contribution in [0.3, 0.4) is 0 Å². The van der Waals surface area contributed by atoms with Crippen LogP contribution in [0.4, 0.5) is 0 Å². The maximum atomic E-state index is 11.6. The molecule has 1 fully saturated rings. The van der Waals surface area contributed by atoms with Crippen molar-refractivity contribution in [2.45, 2.75) is 25.4 Å². The predicted octanol–water partition coefficient (Wildman–Crippen LogP) is -0.0622. The molecule has 0 aliphatic carbocycles. The van der Waals surface area contributed by atoms with Crippen LogP contribution in [0.25, 0.3) is 0 Å². The predicted molar refractivity (Wildman–Crippen MR) is 61.3 cm³/mol. The van der Waals surface area contributed by atoms with Gasteiger partial charge in [0.1, 0.15) is 17.8 Å². The standard InChI is InChI=1S/C12H14N2O3/c1-7-11(16)14-10(12(17)13-7)6-8-2-4-9(15)5-3-8/h2-5,7,10,15H,6H2,1H3,(H,13,17)(H,14,16)/t7-,10+/m1/s1. The van der Waals surface area contributed by atoms with E-state index >= 15 is 0 Å². The van der Waals surface area contributed by atoms with Gasteiger partial charge in [-0.05, 0) is 24.6 Å². The van der Waals surface area contributed by atoms with Crippen LogP contribution in [0.1, 0.15) is 12.5 Å². The number of carbonyl (C=O) groups is 2. The molecule has 0 radical (unpaired) electrons. The number of carbonyl (C=O) groups excluding carboxylic acids is 2. The summed E-state index contributed by atoms with van der Waals surface area (Å²) in [5.41, 5.74) is 0.887. The van der Waals surface area contributed by atoms with E-state index in [4.69, 9.17) is 5.11 Å². The van der Waals surface area contributed by atoms with Gasteiger partial charge in [-0.3, -0.25) is 9.59 Å². The third-order valence-corrected chi connectivity index (χ3v) is 2.76. The second-order valence-corrected chi connectivity index (χ2v) is 4.16. The Balaban J connectivity index is 2.06. The lowest BCUT2D eigenvalue weighted by molar-refractivity contribution is -0.136. The molecule has 5 nitrogen and oxygen atoms in total. The first-order chi connectivity index (χ1) is 8.06. The molecule has 2 rings (SSSR count). The minimum Gasteiger partial charge on any atom is -0.508 e. The number of nitrogens with one attached hydrogen (secondary N) is 2. The Hall–Kier alpha value is -2.04. The number of benzene rings is 1. The van der Waals surface area contributed by atoms with Crippen LogP contribution in [0, 0.1) is 0 Å². The van der Waals surface area contributed by atoms with Gasteiger partial charge >= 0.3 is 0 Å². The first kappa shape index (κ1) is 11.4. The molecule has 0 unspecified atom stereocenters. The van der Waals surface area contributed by atoms with Crippen molar-refractivity contribution in [3.05, 3.63) is 29.8 Å². The number of phenolic OH excluding ortho intramolecular Hbond substituents is 1. The monoisotopic (exact) mass is 234 g/mol. The fourth-order valence-corrected chi connectivity index (χ4v) is 1.75. The molecule has 1 aromatic carbocycles. The molecule has 0 saturated carbocycles. The van der Waals surface area contributed by atoms with Gasteiger partial charge in [-0.2, -0.15) is 0 Å². The van der Waals surface area contributed by atoms with E-state index in [0.717, 1.165) is 5.56 Å². The molecule has 2 amide bonds. The fraction of sp³-hybridized carbons (Fsp3) is 0.333. The number of aromatic hydroxyl groups is 1. The van der Waals surface area contributed by atoms with E-state index in [0.29, 0.717) is 6.42 Å². The van der Waals surface area contributed by atoms with Crippen LogP contribution >= 0.6 is 0 Å². The van der Waals surface area contributed by atoms with E-state index in [2.05, 4.69) is 10.6 Å². The molecule has 1 aliphatic rings. The van der Waals surface area contributed by atoms with E-state index in [1.807, 2.05) is 0 Å². The number of amides is 2. The lowest BCUT2D eigenvalue weighted by Crippen LogP contribution is -2.61. The molecule has 1 saturated heterocycles. The third kappa shape index (κ3) is 2.55. The van der Waals surface area contributed by atoms with Gasteiger partial charge in [0.2, 0.25) is 11.8 Å². The summed E-state index contributed by atoms with van der Waals surface area (Å²) in [6.45, 7) is 1.64. The summed E-state index contributed by atoms with van der Waals surface area (Å²) in [7, 11) is 0. The normalized spacial score (nSPS) is 24.1. The fourth-order valence-electron chi connectivity index (χ4n) is 1.75. The van der Waals surface area contributed by atoms with Crippen LogP contribution < -0.4 is 10.6 Å². The average Bonchev–Trinajstić information content (AvgIpc) is 2.29. The number of phenols is 1. The SMILES string of the molecule is C[C@H]1NC(=O)[C@H](Cc2ccc(O)cc2)NC1=O. The van der Waals surface area contributed by atoms with E-state index in [9.17, 15) is 9.59 Å². The topological polar surface area (TPSA) is 78.4 Å². The highest BCUT2D eigenvalue weighted by Gasteiger charge is 2.30. The smallest absolute Gasteiger partial charge is 0.243 e. The van der Waals surface area contributed by atoms with Gasteiger partial charge in [-0.25, -0.2) is 0 Å². The van der Waals surface area contributed by atoms with Crippen LogP contribution in [0.2, 0.25) is 0 Å². The Labute approximate surface area is 98.8 Å². The van der Waals surface area contributed by atoms with Crippen molar-refractivity contribution in [3.8, 4) is 5.75 Å². The van der Waals surface area contributed by atoms with Gasteiger partial charge in [0, 0.05) is 6.42 Å². The summed E-state index contributed by atoms with van der Waals surface area (Å²) in [4.78, 5) is 23.1. The number of hydrogen-bond donors (Lipinski definition) is 3. The van der Waals surface area contributed by atoms with Crippen LogP contribution in [0.15, 0.2) is 24.3 Å². The lowest BCUT2D eigenvalue weighted by atomic mass is 10.0. The molecule has 17 heavy (non-hydrogen) atoms. The molecule has 5 heteroatoms. The van der Waals surface area contributed by atoms with Crippen molar-refractivity contribution in [3.63, 3.8) is 0 Å². The molecule has 1 aromatic rings. The zero-order valence-corrected chi connectivity index (χ0v) is 9.43. The van der Waals surface area contributed by atoms with E-state index in [1.165, 1.54) is 0 Å². The number of piperazine rings is 1. The molecule has 90 valence electrons. The van der Waals surface area contributed by atoms with Crippen molar-refractivity contribution in [2.75, 3.05) is 0 Å². The highest BCUT2D eigenvalue weighted by Crippen LogP contribution is 2.12. The minimum absolute atomic E-state index is 0.173. The Morgan fingerprint density at radius 3 is 2.41 bits per heavy atom. The summed E-state index contributed by atoms with van der Waals surface area (Å²) in [5.74, 6) is -0.168. The molecule has 1 heterocycles. The first-order valence-corrected chi connectivity index (χ1v) is 5.45. The maximum absolute atomic E-state index is 11.6. The van der Waals surface area contributed by atoms with Crippen molar-refractivity contribution in [2.24, 2.45) is 0 Å². The second kappa shape index (κ2) is 4.45. The maximum Gasteiger partial charge on any atom is 0.243 e. The molecule has 2 atom stereocenters. The first-order valence-electron chi connectivity index (χ1n) is 5.45. The van der Waals surface area contributed by atoms with Crippen LogP contribution in [-0.2, 0) is 16.0 Å². The largest absolute Gasteiger partial charge is 0.508 e. The van der Waals surface area contributed by atoms with E-state index < -0.39 is 12.1 Å². The van der Waals surface area contributed by atoms with Crippen molar-refractivity contribution < 1.29 is 14.7 Å². The Bertz CT molecular complexity index is 442. The van der Waals surface area contributed by atoms with Gasteiger partial charge < -0.3 is 15.7 Å².